The lowest BCUT2D eigenvalue weighted by Crippen LogP contribution is -1.91. The highest BCUT2D eigenvalue weighted by Crippen LogP contribution is 2.08. The number of hydrogen-bond acceptors (Lipinski definition) is 4. The SMILES string of the molecule is Nc1cnc2ccccc2n1.Oc1ccccc1. The van der Waals surface area contributed by atoms with Crippen molar-refractivity contribution in [1.29, 1.82) is 0 Å². The number of nitrogens with two attached hydrogens (primary N) is 1. The van der Waals surface area contributed by atoms with E-state index >= 15 is 0 Å². The number of benzene rings is 2. The fraction of sp³-hybridized carbons (Fsp3) is 0. The van der Waals surface area contributed by atoms with Gasteiger partial charge in [0.1, 0.15) is 11.6 Å². The van der Waals surface area contributed by atoms with E-state index in [0.717, 1.165) is 11.0 Å². The minimum Gasteiger partial charge on any atom is -0.508 e. The van der Waals surface area contributed by atoms with Crippen LogP contribution in [0.4, 0.5) is 5.82 Å². The largest absolute Gasteiger partial charge is 0.508 e. The zero-order valence-electron chi connectivity index (χ0n) is 9.69. The summed E-state index contributed by atoms with van der Waals surface area (Å²) in [5.74, 6) is 0.784. The Hall–Kier alpha value is -2.62. The van der Waals surface area contributed by atoms with Crippen molar-refractivity contribution in [3.63, 3.8) is 0 Å². The molecule has 1 heterocycles. The van der Waals surface area contributed by atoms with Crippen molar-refractivity contribution < 1.29 is 5.11 Å². The third-order valence-corrected chi connectivity index (χ3v) is 2.22. The number of rotatable bonds is 0. The highest BCUT2D eigenvalue weighted by molar-refractivity contribution is 5.74. The number of nitrogens with zero attached hydrogens (tertiary/aromatic N) is 2. The molecule has 0 spiro atoms. The molecule has 2 aromatic carbocycles. The van der Waals surface area contributed by atoms with Crippen LogP contribution in [0, 0.1) is 0 Å². The standard InChI is InChI=1S/C8H7N3.C6H6O/c9-8-5-10-6-3-1-2-4-7(6)11-8;7-6-4-2-1-3-5-6/h1-5H,(H2,9,11);1-5,7H. The van der Waals surface area contributed by atoms with E-state index in [4.69, 9.17) is 10.8 Å². The van der Waals surface area contributed by atoms with Crippen LogP contribution in [0.25, 0.3) is 11.0 Å². The van der Waals surface area contributed by atoms with E-state index in [1.807, 2.05) is 30.3 Å². The molecule has 90 valence electrons. The molecule has 4 nitrogen and oxygen atoms in total. The zero-order chi connectivity index (χ0) is 12.8. The van der Waals surface area contributed by atoms with Gasteiger partial charge in [-0.25, -0.2) is 4.98 Å². The average molecular weight is 239 g/mol. The number of nitrogen functional groups attached to an aromatic ring is 1. The van der Waals surface area contributed by atoms with Gasteiger partial charge in [-0.15, -0.1) is 0 Å². The van der Waals surface area contributed by atoms with Crippen molar-refractivity contribution in [2.45, 2.75) is 0 Å². The summed E-state index contributed by atoms with van der Waals surface area (Å²) in [4.78, 5) is 8.18. The maximum absolute atomic E-state index is 8.63. The van der Waals surface area contributed by atoms with Crippen molar-refractivity contribution in [3.8, 4) is 5.75 Å². The monoisotopic (exact) mass is 239 g/mol. The van der Waals surface area contributed by atoms with Crippen LogP contribution in [0.3, 0.4) is 0 Å². The van der Waals surface area contributed by atoms with Gasteiger partial charge in [0.05, 0.1) is 17.2 Å². The molecule has 18 heavy (non-hydrogen) atoms. The summed E-state index contributed by atoms with van der Waals surface area (Å²) < 4.78 is 0. The third kappa shape index (κ3) is 3.18. The van der Waals surface area contributed by atoms with E-state index < -0.39 is 0 Å². The summed E-state index contributed by atoms with van der Waals surface area (Å²) in [7, 11) is 0. The molecule has 0 bridgehead atoms. The van der Waals surface area contributed by atoms with E-state index in [0.29, 0.717) is 11.6 Å². The molecule has 3 rings (SSSR count). The molecule has 1 aromatic heterocycles. The minimum absolute atomic E-state index is 0.322. The Morgan fingerprint density at radius 3 is 2.06 bits per heavy atom. The molecule has 4 heteroatoms. The van der Waals surface area contributed by atoms with E-state index in [1.54, 1.807) is 30.5 Å². The van der Waals surface area contributed by atoms with Crippen molar-refractivity contribution in [3.05, 3.63) is 60.8 Å². The van der Waals surface area contributed by atoms with Crippen LogP contribution in [0.1, 0.15) is 0 Å². The van der Waals surface area contributed by atoms with Crippen molar-refractivity contribution in [2.24, 2.45) is 0 Å². The third-order valence-electron chi connectivity index (χ3n) is 2.22. The van der Waals surface area contributed by atoms with Gasteiger partial charge in [0, 0.05) is 0 Å². The summed E-state index contributed by atoms with van der Waals surface area (Å²) >= 11 is 0. The first-order chi connectivity index (χ1) is 8.75. The van der Waals surface area contributed by atoms with E-state index in [-0.39, 0.29) is 0 Å². The Kier molecular flexibility index (Phi) is 3.71. The van der Waals surface area contributed by atoms with E-state index in [2.05, 4.69) is 9.97 Å². The summed E-state index contributed by atoms with van der Waals surface area (Å²) in [5, 5.41) is 8.63. The van der Waals surface area contributed by atoms with Gasteiger partial charge in [0.25, 0.3) is 0 Å². The Morgan fingerprint density at radius 1 is 0.833 bits per heavy atom. The molecule has 0 aliphatic carbocycles. The Labute approximate surface area is 105 Å². The van der Waals surface area contributed by atoms with Gasteiger partial charge < -0.3 is 10.8 Å². The number of phenols is 1. The first-order valence-corrected chi connectivity index (χ1v) is 5.47. The van der Waals surface area contributed by atoms with Gasteiger partial charge in [-0.3, -0.25) is 4.98 Å². The van der Waals surface area contributed by atoms with Crippen LogP contribution in [0.5, 0.6) is 5.75 Å². The molecule has 0 atom stereocenters. The second kappa shape index (κ2) is 5.63. The first kappa shape index (κ1) is 11.9. The Balaban J connectivity index is 0.000000149. The fourth-order valence-corrected chi connectivity index (χ4v) is 1.40. The number of fused-ring (bicyclic) bond motifs is 1. The molecule has 0 aliphatic rings. The van der Waals surface area contributed by atoms with Gasteiger partial charge in [-0.1, -0.05) is 30.3 Å². The van der Waals surface area contributed by atoms with Crippen LogP contribution in [-0.2, 0) is 0 Å². The van der Waals surface area contributed by atoms with Gasteiger partial charge >= 0.3 is 0 Å². The van der Waals surface area contributed by atoms with Crippen molar-refractivity contribution in [2.75, 3.05) is 5.73 Å². The average Bonchev–Trinajstić information content (AvgIpc) is 2.40. The summed E-state index contributed by atoms with van der Waals surface area (Å²) in [5.41, 5.74) is 7.17. The predicted octanol–water partition coefficient (Wildman–Crippen LogP) is 2.60. The molecular weight excluding hydrogens is 226 g/mol. The molecule has 0 saturated carbocycles. The van der Waals surface area contributed by atoms with Crippen LogP contribution < -0.4 is 5.73 Å². The number of aromatic hydroxyl groups is 1. The lowest BCUT2D eigenvalue weighted by atomic mass is 10.3. The summed E-state index contributed by atoms with van der Waals surface area (Å²) in [6.45, 7) is 0. The molecule has 0 radical (unpaired) electrons. The number of phenolic OH excluding ortho intramolecular Hbond substituents is 1. The number of anilines is 1. The molecule has 3 aromatic rings. The maximum atomic E-state index is 8.63. The van der Waals surface area contributed by atoms with Crippen molar-refractivity contribution >= 4 is 16.9 Å². The molecule has 3 N–H and O–H groups in total. The number of para-hydroxylation sites is 3. The van der Waals surface area contributed by atoms with Gasteiger partial charge in [0.2, 0.25) is 0 Å². The lowest BCUT2D eigenvalue weighted by Gasteiger charge is -1.94. The van der Waals surface area contributed by atoms with Crippen LogP contribution in [-0.4, -0.2) is 15.1 Å². The Bertz CT molecular complexity index is 626. The smallest absolute Gasteiger partial charge is 0.142 e. The van der Waals surface area contributed by atoms with Crippen molar-refractivity contribution in [1.82, 2.24) is 9.97 Å². The number of aromatic nitrogens is 2. The fourth-order valence-electron chi connectivity index (χ4n) is 1.40. The second-order valence-corrected chi connectivity index (χ2v) is 3.62. The van der Waals surface area contributed by atoms with E-state index in [1.165, 1.54) is 0 Å². The van der Waals surface area contributed by atoms with Gasteiger partial charge in [0.15, 0.2) is 0 Å². The quantitative estimate of drug-likeness (QED) is 0.632. The van der Waals surface area contributed by atoms with Gasteiger partial charge in [-0.05, 0) is 24.3 Å². The Morgan fingerprint density at radius 2 is 1.44 bits per heavy atom. The topological polar surface area (TPSA) is 72.0 Å². The molecule has 0 amide bonds. The molecule has 0 unspecified atom stereocenters. The van der Waals surface area contributed by atoms with E-state index in [9.17, 15) is 0 Å². The van der Waals surface area contributed by atoms with Crippen LogP contribution >= 0.6 is 0 Å². The predicted molar refractivity (Wildman–Crippen MR) is 72.1 cm³/mol. The zero-order valence-corrected chi connectivity index (χ0v) is 9.69. The lowest BCUT2D eigenvalue weighted by molar-refractivity contribution is 0.475. The highest BCUT2D eigenvalue weighted by Gasteiger charge is 1.92. The first-order valence-electron chi connectivity index (χ1n) is 5.47. The summed E-state index contributed by atoms with van der Waals surface area (Å²) in [6, 6.07) is 16.3. The minimum atomic E-state index is 0.322. The number of hydrogen-bond donors (Lipinski definition) is 2. The maximum Gasteiger partial charge on any atom is 0.142 e. The highest BCUT2D eigenvalue weighted by atomic mass is 16.3. The molecular formula is C14H13N3O. The molecule has 0 aliphatic heterocycles. The molecule has 0 saturated heterocycles. The normalized spacial score (nSPS) is 9.56. The second-order valence-electron chi connectivity index (χ2n) is 3.62. The summed E-state index contributed by atoms with van der Waals surface area (Å²) in [6.07, 6.45) is 1.56. The van der Waals surface area contributed by atoms with Crippen LogP contribution in [0.15, 0.2) is 60.8 Å². The molecule has 0 fully saturated rings. The van der Waals surface area contributed by atoms with Crippen LogP contribution in [0.2, 0.25) is 0 Å². The van der Waals surface area contributed by atoms with Gasteiger partial charge in [-0.2, -0.15) is 0 Å².